The van der Waals surface area contributed by atoms with Gasteiger partial charge in [-0.3, -0.25) is 19.2 Å². The Morgan fingerprint density at radius 1 is 0.955 bits per heavy atom. The monoisotopic (exact) mass is 314 g/mol. The number of carbonyl (C=O) groups excluding carboxylic acids is 4. The first-order chi connectivity index (χ1) is 10.3. The molecule has 0 amide bonds. The van der Waals surface area contributed by atoms with Crippen molar-refractivity contribution in [1.29, 1.82) is 0 Å². The summed E-state index contributed by atoms with van der Waals surface area (Å²) in [6.07, 6.45) is -3.65. The van der Waals surface area contributed by atoms with E-state index in [2.05, 4.69) is 0 Å². The van der Waals surface area contributed by atoms with Crippen molar-refractivity contribution in [2.45, 2.75) is 64.1 Å². The van der Waals surface area contributed by atoms with E-state index in [1.54, 1.807) is 0 Å². The highest BCUT2D eigenvalue weighted by atomic mass is 16.7. The van der Waals surface area contributed by atoms with Crippen molar-refractivity contribution in [1.82, 2.24) is 0 Å². The van der Waals surface area contributed by atoms with Crippen LogP contribution in [0.2, 0.25) is 0 Å². The normalized spacial score (nSPS) is 33.8. The number of epoxide rings is 1. The minimum Gasteiger partial charge on any atom is -0.456 e. The number of ketones is 1. The number of esters is 3. The Labute approximate surface area is 127 Å². The van der Waals surface area contributed by atoms with E-state index < -0.39 is 48.1 Å². The van der Waals surface area contributed by atoms with E-state index in [9.17, 15) is 19.2 Å². The second kappa shape index (κ2) is 6.43. The van der Waals surface area contributed by atoms with Crippen molar-refractivity contribution in [2.24, 2.45) is 0 Å². The summed E-state index contributed by atoms with van der Waals surface area (Å²) in [6.45, 7) is 3.50. The van der Waals surface area contributed by atoms with Gasteiger partial charge < -0.3 is 18.9 Å². The molecule has 2 aliphatic rings. The Morgan fingerprint density at radius 3 is 2.05 bits per heavy atom. The fourth-order valence-corrected chi connectivity index (χ4v) is 2.60. The van der Waals surface area contributed by atoms with Crippen molar-refractivity contribution in [3.05, 3.63) is 0 Å². The van der Waals surface area contributed by atoms with Gasteiger partial charge in [0.05, 0.1) is 6.10 Å². The molecule has 122 valence electrons. The minimum absolute atomic E-state index is 0.129. The molecule has 1 aliphatic carbocycles. The molecule has 0 radical (unpaired) electrons. The standard InChI is InChI=1S/C14H18O8/c1-6(15)19-11-9(18)4-5-10-12(22-10)14(21-8(3)17)13(11)20-7(2)16/h10-14H,4-5H2,1-3H3/t10-,11-,12-,13+,14+/m1/s1. The highest BCUT2D eigenvalue weighted by Crippen LogP contribution is 2.37. The average molecular weight is 314 g/mol. The zero-order chi connectivity index (χ0) is 16.4. The lowest BCUT2D eigenvalue weighted by atomic mass is 9.92. The molecule has 0 spiro atoms. The van der Waals surface area contributed by atoms with Crippen LogP contribution < -0.4 is 0 Å². The van der Waals surface area contributed by atoms with Crippen molar-refractivity contribution in [3.63, 3.8) is 0 Å². The lowest BCUT2D eigenvalue weighted by Gasteiger charge is -2.31. The fraction of sp³-hybridized carbons (Fsp3) is 0.714. The van der Waals surface area contributed by atoms with Crippen molar-refractivity contribution < 1.29 is 38.1 Å². The van der Waals surface area contributed by atoms with Gasteiger partial charge in [-0.1, -0.05) is 0 Å². The first-order valence-electron chi connectivity index (χ1n) is 6.99. The van der Waals surface area contributed by atoms with Crippen LogP contribution >= 0.6 is 0 Å². The number of rotatable bonds is 3. The second-order valence-corrected chi connectivity index (χ2v) is 5.32. The zero-order valence-electron chi connectivity index (χ0n) is 12.6. The van der Waals surface area contributed by atoms with Gasteiger partial charge in [-0.15, -0.1) is 0 Å². The third-order valence-corrected chi connectivity index (χ3v) is 3.46. The fourth-order valence-electron chi connectivity index (χ4n) is 2.60. The summed E-state index contributed by atoms with van der Waals surface area (Å²) in [4.78, 5) is 46.1. The molecular weight excluding hydrogens is 296 g/mol. The van der Waals surface area contributed by atoms with E-state index in [-0.39, 0.29) is 12.5 Å². The van der Waals surface area contributed by atoms with E-state index in [4.69, 9.17) is 18.9 Å². The smallest absolute Gasteiger partial charge is 0.303 e. The third-order valence-electron chi connectivity index (χ3n) is 3.46. The molecule has 0 aromatic carbocycles. The van der Waals surface area contributed by atoms with E-state index >= 15 is 0 Å². The molecule has 2 rings (SSSR count). The van der Waals surface area contributed by atoms with Gasteiger partial charge in [-0.05, 0) is 6.42 Å². The number of hydrogen-bond donors (Lipinski definition) is 0. The molecule has 0 N–H and O–H groups in total. The molecule has 0 bridgehead atoms. The lowest BCUT2D eigenvalue weighted by Crippen LogP contribution is -2.52. The van der Waals surface area contributed by atoms with E-state index in [1.807, 2.05) is 0 Å². The highest BCUT2D eigenvalue weighted by Gasteiger charge is 2.56. The molecule has 8 heteroatoms. The van der Waals surface area contributed by atoms with Gasteiger partial charge in [0.15, 0.2) is 18.0 Å². The molecule has 1 heterocycles. The van der Waals surface area contributed by atoms with Crippen LogP contribution in [0.3, 0.4) is 0 Å². The predicted molar refractivity (Wildman–Crippen MR) is 69.6 cm³/mol. The zero-order valence-corrected chi connectivity index (χ0v) is 12.6. The first-order valence-corrected chi connectivity index (χ1v) is 6.99. The number of ether oxygens (including phenoxy) is 4. The van der Waals surface area contributed by atoms with Gasteiger partial charge in [0.1, 0.15) is 6.10 Å². The molecule has 1 saturated carbocycles. The maximum absolute atomic E-state index is 12.2. The Hall–Kier alpha value is -1.96. The summed E-state index contributed by atoms with van der Waals surface area (Å²) in [7, 11) is 0. The summed E-state index contributed by atoms with van der Waals surface area (Å²) in [5.74, 6) is -2.37. The summed E-state index contributed by atoms with van der Waals surface area (Å²) in [5.41, 5.74) is 0. The molecule has 5 atom stereocenters. The van der Waals surface area contributed by atoms with Crippen molar-refractivity contribution in [3.8, 4) is 0 Å². The number of carbonyl (C=O) groups is 4. The molecule has 1 aliphatic heterocycles. The van der Waals surface area contributed by atoms with Crippen LogP contribution in [0.1, 0.15) is 33.6 Å². The molecule has 8 nitrogen and oxygen atoms in total. The van der Waals surface area contributed by atoms with E-state index in [0.29, 0.717) is 6.42 Å². The molecule has 0 unspecified atom stereocenters. The van der Waals surface area contributed by atoms with E-state index in [0.717, 1.165) is 13.8 Å². The molecular formula is C14H18O8. The molecule has 22 heavy (non-hydrogen) atoms. The van der Waals surface area contributed by atoms with Crippen LogP contribution in [0.25, 0.3) is 0 Å². The summed E-state index contributed by atoms with van der Waals surface area (Å²) < 4.78 is 20.7. The second-order valence-electron chi connectivity index (χ2n) is 5.32. The van der Waals surface area contributed by atoms with Crippen LogP contribution in [-0.4, -0.2) is 54.2 Å². The van der Waals surface area contributed by atoms with Crippen molar-refractivity contribution in [2.75, 3.05) is 0 Å². The van der Waals surface area contributed by atoms with Gasteiger partial charge in [0.25, 0.3) is 0 Å². The predicted octanol–water partition coefficient (Wildman–Crippen LogP) is -0.0882. The average Bonchev–Trinajstić information content (AvgIpc) is 3.15. The molecule has 0 aromatic rings. The van der Waals surface area contributed by atoms with Gasteiger partial charge in [-0.2, -0.15) is 0 Å². The SMILES string of the molecule is CC(=O)O[C@@H]1[C@@H](OC(C)=O)[C@H](OC(C)=O)C(=O)CC[C@H]2O[C@@H]12. The van der Waals surface area contributed by atoms with Crippen LogP contribution in [0, 0.1) is 0 Å². The van der Waals surface area contributed by atoms with Crippen molar-refractivity contribution >= 4 is 23.7 Å². The maximum atomic E-state index is 12.2. The molecule has 2 fully saturated rings. The Morgan fingerprint density at radius 2 is 1.50 bits per heavy atom. The Bertz CT molecular complexity index is 499. The maximum Gasteiger partial charge on any atom is 0.303 e. The highest BCUT2D eigenvalue weighted by molar-refractivity contribution is 5.86. The quantitative estimate of drug-likeness (QED) is 0.404. The molecule has 1 saturated heterocycles. The summed E-state index contributed by atoms with van der Waals surface area (Å²) in [5, 5.41) is 0. The van der Waals surface area contributed by atoms with Crippen LogP contribution in [0.5, 0.6) is 0 Å². The summed E-state index contributed by atoms with van der Waals surface area (Å²) in [6, 6.07) is 0. The topological polar surface area (TPSA) is 108 Å². The van der Waals surface area contributed by atoms with Crippen LogP contribution in [0.15, 0.2) is 0 Å². The van der Waals surface area contributed by atoms with Crippen LogP contribution in [0.4, 0.5) is 0 Å². The van der Waals surface area contributed by atoms with Gasteiger partial charge in [0.2, 0.25) is 6.10 Å². The van der Waals surface area contributed by atoms with Gasteiger partial charge in [-0.25, -0.2) is 0 Å². The third kappa shape index (κ3) is 3.82. The Kier molecular flexibility index (Phi) is 4.80. The summed E-state index contributed by atoms with van der Waals surface area (Å²) >= 11 is 0. The first kappa shape index (κ1) is 16.4. The number of fused-ring (bicyclic) bond motifs is 1. The molecule has 0 aromatic heterocycles. The largest absolute Gasteiger partial charge is 0.456 e. The Balaban J connectivity index is 2.32. The number of Topliss-reactive ketones (excluding diaryl/α,β-unsaturated/α-hetero) is 1. The minimum atomic E-state index is -1.31. The van der Waals surface area contributed by atoms with Crippen LogP contribution in [-0.2, 0) is 38.1 Å². The number of hydrogen-bond acceptors (Lipinski definition) is 8. The van der Waals surface area contributed by atoms with Gasteiger partial charge in [0, 0.05) is 27.2 Å². The lowest BCUT2D eigenvalue weighted by molar-refractivity contribution is -0.187. The van der Waals surface area contributed by atoms with E-state index in [1.165, 1.54) is 6.92 Å². The van der Waals surface area contributed by atoms with Gasteiger partial charge >= 0.3 is 17.9 Å².